The quantitative estimate of drug-likeness (QED) is 0.902. The van der Waals surface area contributed by atoms with E-state index in [1.807, 2.05) is 33.0 Å². The maximum Gasteiger partial charge on any atom is 0.255 e. The summed E-state index contributed by atoms with van der Waals surface area (Å²) in [6, 6.07) is 4.35. The summed E-state index contributed by atoms with van der Waals surface area (Å²) in [4.78, 5) is 21.2. The molecule has 1 aliphatic carbocycles. The van der Waals surface area contributed by atoms with Gasteiger partial charge in [-0.2, -0.15) is 0 Å². The SMILES string of the molecule is Cc1ccc(C(=O)N(C)C[C@H]2C[C@]3(C)[C@@H](CCCC[C@]3(C)O)N2C)cn1. The van der Waals surface area contributed by atoms with Crippen LogP contribution in [0.3, 0.4) is 0 Å². The van der Waals surface area contributed by atoms with Crippen LogP contribution in [0.4, 0.5) is 0 Å². The molecular formula is C21H33N3O2. The van der Waals surface area contributed by atoms with Gasteiger partial charge in [0.15, 0.2) is 0 Å². The lowest BCUT2D eigenvalue weighted by Gasteiger charge is -2.43. The Morgan fingerprint density at radius 3 is 2.77 bits per heavy atom. The fraction of sp³-hybridized carbons (Fsp3) is 0.714. The van der Waals surface area contributed by atoms with E-state index in [-0.39, 0.29) is 17.4 Å². The second kappa shape index (κ2) is 6.93. The smallest absolute Gasteiger partial charge is 0.255 e. The minimum absolute atomic E-state index is 0.00917. The van der Waals surface area contributed by atoms with Crippen LogP contribution in [-0.4, -0.2) is 64.1 Å². The van der Waals surface area contributed by atoms with Gasteiger partial charge in [0.05, 0.1) is 11.2 Å². The number of fused-ring (bicyclic) bond motifs is 1. The third-order valence-electron chi connectivity index (χ3n) is 7.07. The first kappa shape index (κ1) is 19.3. The highest BCUT2D eigenvalue weighted by molar-refractivity contribution is 5.93. The minimum Gasteiger partial charge on any atom is -0.390 e. The highest BCUT2D eigenvalue weighted by Crippen LogP contribution is 2.52. The number of rotatable bonds is 3. The van der Waals surface area contributed by atoms with Gasteiger partial charge >= 0.3 is 0 Å². The van der Waals surface area contributed by atoms with Crippen LogP contribution in [0.25, 0.3) is 0 Å². The van der Waals surface area contributed by atoms with Crippen molar-refractivity contribution >= 4 is 5.91 Å². The Balaban J connectivity index is 1.74. The summed E-state index contributed by atoms with van der Waals surface area (Å²) >= 11 is 0. The number of carbonyl (C=O) groups is 1. The molecule has 4 atom stereocenters. The highest BCUT2D eigenvalue weighted by atomic mass is 16.3. The van der Waals surface area contributed by atoms with Crippen molar-refractivity contribution in [2.45, 2.75) is 70.6 Å². The number of amides is 1. The Morgan fingerprint density at radius 2 is 2.12 bits per heavy atom. The normalized spacial score (nSPS) is 35.0. The van der Waals surface area contributed by atoms with Crippen molar-refractivity contribution < 1.29 is 9.90 Å². The molecule has 0 radical (unpaired) electrons. The van der Waals surface area contributed by atoms with Gasteiger partial charge in [-0.05, 0) is 52.3 Å². The number of aryl methyl sites for hydroxylation is 1. The molecule has 1 aromatic heterocycles. The standard InChI is InChI=1S/C21H33N3O2/c1-15-9-10-16(13-22-15)19(25)23(4)14-17-12-20(2)18(24(17)5)8-6-7-11-21(20,3)26/h9-10,13,17-18,26H,6-8,11-12,14H2,1-5H3/t17-,18-,20-,21+/m1/s1. The van der Waals surface area contributed by atoms with Gasteiger partial charge in [-0.3, -0.25) is 14.7 Å². The van der Waals surface area contributed by atoms with Gasteiger partial charge in [-0.15, -0.1) is 0 Å². The predicted molar refractivity (Wildman–Crippen MR) is 103 cm³/mol. The number of likely N-dealkylation sites (N-methyl/N-ethyl adjacent to an activating group) is 2. The van der Waals surface area contributed by atoms with Gasteiger partial charge in [-0.1, -0.05) is 19.8 Å². The van der Waals surface area contributed by atoms with Crippen LogP contribution >= 0.6 is 0 Å². The van der Waals surface area contributed by atoms with E-state index in [0.717, 1.165) is 37.8 Å². The molecule has 5 nitrogen and oxygen atoms in total. The number of carbonyl (C=O) groups excluding carboxylic acids is 1. The minimum atomic E-state index is -0.652. The Kier molecular flexibility index (Phi) is 5.15. The predicted octanol–water partition coefficient (Wildman–Crippen LogP) is 2.87. The molecular weight excluding hydrogens is 326 g/mol. The van der Waals surface area contributed by atoms with E-state index >= 15 is 0 Å². The number of pyridine rings is 1. The monoisotopic (exact) mass is 359 g/mol. The fourth-order valence-electron chi connectivity index (χ4n) is 5.07. The first-order chi connectivity index (χ1) is 12.2. The zero-order valence-corrected chi connectivity index (χ0v) is 16.8. The number of aromatic nitrogens is 1. The molecule has 1 aliphatic heterocycles. The summed E-state index contributed by atoms with van der Waals surface area (Å²) in [6.45, 7) is 6.84. The maximum absolute atomic E-state index is 12.7. The van der Waals surface area contributed by atoms with Crippen LogP contribution in [0.15, 0.2) is 18.3 Å². The molecule has 0 unspecified atom stereocenters. The van der Waals surface area contributed by atoms with E-state index in [0.29, 0.717) is 18.2 Å². The maximum atomic E-state index is 12.7. The topological polar surface area (TPSA) is 56.7 Å². The van der Waals surface area contributed by atoms with Gasteiger partial charge in [-0.25, -0.2) is 0 Å². The molecule has 0 spiro atoms. The largest absolute Gasteiger partial charge is 0.390 e. The van der Waals surface area contributed by atoms with Crippen molar-refractivity contribution in [1.82, 2.24) is 14.8 Å². The third kappa shape index (κ3) is 3.27. The molecule has 0 bridgehead atoms. The second-order valence-electron chi connectivity index (χ2n) is 8.85. The average Bonchev–Trinajstić information content (AvgIpc) is 2.76. The zero-order chi connectivity index (χ0) is 19.1. The summed E-state index contributed by atoms with van der Waals surface area (Å²) < 4.78 is 0. The van der Waals surface area contributed by atoms with E-state index in [1.165, 1.54) is 0 Å². The van der Waals surface area contributed by atoms with Gasteiger partial charge in [0.1, 0.15) is 0 Å². The molecule has 5 heteroatoms. The number of likely N-dealkylation sites (tertiary alicyclic amines) is 1. The lowest BCUT2D eigenvalue weighted by molar-refractivity contribution is -0.0754. The summed E-state index contributed by atoms with van der Waals surface area (Å²) in [5, 5.41) is 11.2. The Morgan fingerprint density at radius 1 is 1.38 bits per heavy atom. The number of aliphatic hydroxyl groups is 1. The van der Waals surface area contributed by atoms with Crippen molar-refractivity contribution in [2.24, 2.45) is 5.41 Å². The number of nitrogens with zero attached hydrogens (tertiary/aromatic N) is 3. The molecule has 2 fully saturated rings. The molecule has 1 saturated carbocycles. The summed E-state index contributed by atoms with van der Waals surface area (Å²) in [5.41, 5.74) is 0.764. The van der Waals surface area contributed by atoms with Crippen LogP contribution < -0.4 is 0 Å². The molecule has 0 aromatic carbocycles. The molecule has 26 heavy (non-hydrogen) atoms. The van der Waals surface area contributed by atoms with Crippen LogP contribution in [0.2, 0.25) is 0 Å². The van der Waals surface area contributed by atoms with Crippen LogP contribution in [0, 0.1) is 12.3 Å². The molecule has 1 saturated heterocycles. The number of hydrogen-bond donors (Lipinski definition) is 1. The molecule has 1 aromatic rings. The molecule has 1 amide bonds. The molecule has 2 heterocycles. The van der Waals surface area contributed by atoms with Crippen LogP contribution in [0.1, 0.15) is 62.0 Å². The van der Waals surface area contributed by atoms with E-state index in [2.05, 4.69) is 23.9 Å². The third-order valence-corrected chi connectivity index (χ3v) is 7.07. The molecule has 144 valence electrons. The zero-order valence-electron chi connectivity index (χ0n) is 16.8. The Hall–Kier alpha value is -1.46. The summed E-state index contributed by atoms with van der Waals surface area (Å²) in [6.07, 6.45) is 6.82. The Bertz CT molecular complexity index is 658. The lowest BCUT2D eigenvalue weighted by atomic mass is 9.67. The van der Waals surface area contributed by atoms with Crippen molar-refractivity contribution in [1.29, 1.82) is 0 Å². The summed E-state index contributed by atoms with van der Waals surface area (Å²) in [5.74, 6) is 0.00917. The van der Waals surface area contributed by atoms with Crippen molar-refractivity contribution in [3.05, 3.63) is 29.6 Å². The first-order valence-electron chi connectivity index (χ1n) is 9.78. The summed E-state index contributed by atoms with van der Waals surface area (Å²) in [7, 11) is 4.03. The van der Waals surface area contributed by atoms with Gasteiger partial charge in [0.25, 0.3) is 5.91 Å². The van der Waals surface area contributed by atoms with Gasteiger partial charge in [0, 0.05) is 43.0 Å². The lowest BCUT2D eigenvalue weighted by Crippen LogP contribution is -2.50. The van der Waals surface area contributed by atoms with E-state index in [9.17, 15) is 9.90 Å². The van der Waals surface area contributed by atoms with Gasteiger partial charge < -0.3 is 10.0 Å². The van der Waals surface area contributed by atoms with Crippen molar-refractivity contribution in [3.8, 4) is 0 Å². The van der Waals surface area contributed by atoms with E-state index < -0.39 is 5.60 Å². The van der Waals surface area contributed by atoms with Crippen LogP contribution in [-0.2, 0) is 0 Å². The highest BCUT2D eigenvalue weighted by Gasteiger charge is 2.57. The first-order valence-corrected chi connectivity index (χ1v) is 9.78. The molecule has 1 N–H and O–H groups in total. The van der Waals surface area contributed by atoms with Gasteiger partial charge in [0.2, 0.25) is 0 Å². The number of hydrogen-bond acceptors (Lipinski definition) is 4. The van der Waals surface area contributed by atoms with Crippen LogP contribution in [0.5, 0.6) is 0 Å². The fourth-order valence-corrected chi connectivity index (χ4v) is 5.07. The van der Waals surface area contributed by atoms with Crippen molar-refractivity contribution in [3.63, 3.8) is 0 Å². The Labute approximate surface area is 157 Å². The van der Waals surface area contributed by atoms with E-state index in [4.69, 9.17) is 0 Å². The second-order valence-corrected chi connectivity index (χ2v) is 8.85. The van der Waals surface area contributed by atoms with Crippen molar-refractivity contribution in [2.75, 3.05) is 20.6 Å². The molecule has 3 rings (SSSR count). The average molecular weight is 360 g/mol. The van der Waals surface area contributed by atoms with E-state index in [1.54, 1.807) is 11.1 Å². The molecule has 2 aliphatic rings.